The summed E-state index contributed by atoms with van der Waals surface area (Å²) >= 11 is 3.32. The molecule has 2 aromatic carbocycles. The maximum absolute atomic E-state index is 14.0. The van der Waals surface area contributed by atoms with E-state index in [1.807, 2.05) is 12.1 Å². The maximum Gasteiger partial charge on any atom is 0.176 e. The third kappa shape index (κ3) is 2.68. The van der Waals surface area contributed by atoms with E-state index in [0.29, 0.717) is 5.56 Å². The van der Waals surface area contributed by atoms with Gasteiger partial charge in [-0.15, -0.1) is 0 Å². The van der Waals surface area contributed by atoms with Crippen molar-refractivity contribution in [3.8, 4) is 16.9 Å². The van der Waals surface area contributed by atoms with Crippen LogP contribution in [0.3, 0.4) is 0 Å². The van der Waals surface area contributed by atoms with Gasteiger partial charge in [-0.05, 0) is 35.4 Å². The monoisotopic (exact) mass is 322 g/mol. The van der Waals surface area contributed by atoms with E-state index in [4.69, 9.17) is 0 Å². The largest absolute Gasteiger partial charge is 0.505 e. The third-order valence-corrected chi connectivity index (χ3v) is 3.41. The number of carbonyl (C=O) groups is 1. The molecule has 0 aliphatic heterocycles. The molecule has 0 atom stereocenters. The fourth-order valence-electron chi connectivity index (χ4n) is 1.88. The molecule has 0 radical (unpaired) electrons. The lowest BCUT2D eigenvalue weighted by atomic mass is 9.95. The summed E-state index contributed by atoms with van der Waals surface area (Å²) in [6.07, 6.45) is 0.184. The molecule has 1 N–H and O–H groups in total. The summed E-state index contributed by atoms with van der Waals surface area (Å²) in [5, 5.41) is 9.43. The molecule has 0 aliphatic carbocycles. The Kier molecular flexibility index (Phi) is 4.00. The number of phenols is 1. The van der Waals surface area contributed by atoms with Gasteiger partial charge in [-0.3, -0.25) is 4.79 Å². The van der Waals surface area contributed by atoms with E-state index in [1.165, 1.54) is 6.07 Å². The van der Waals surface area contributed by atoms with Crippen LogP contribution in [-0.4, -0.2) is 10.9 Å². The Balaban J connectivity index is 2.66. The number of carbonyl (C=O) groups excluding carboxylic acids is 1. The second kappa shape index (κ2) is 5.53. The van der Waals surface area contributed by atoms with E-state index >= 15 is 0 Å². The van der Waals surface area contributed by atoms with Gasteiger partial charge in [0.05, 0.1) is 5.56 Å². The number of rotatable bonds is 3. The van der Waals surface area contributed by atoms with Crippen LogP contribution in [0.4, 0.5) is 4.39 Å². The smallest absolute Gasteiger partial charge is 0.176 e. The van der Waals surface area contributed by atoms with Gasteiger partial charge < -0.3 is 5.11 Å². The molecule has 19 heavy (non-hydrogen) atoms. The van der Waals surface area contributed by atoms with E-state index in [-0.39, 0.29) is 17.8 Å². The van der Waals surface area contributed by atoms with Gasteiger partial charge in [0.15, 0.2) is 17.3 Å². The molecule has 0 amide bonds. The van der Waals surface area contributed by atoms with Gasteiger partial charge in [0, 0.05) is 10.9 Å². The number of hydrogen-bond donors (Lipinski definition) is 1. The van der Waals surface area contributed by atoms with Crippen molar-refractivity contribution in [3.63, 3.8) is 0 Å². The first-order chi connectivity index (χ1) is 9.04. The van der Waals surface area contributed by atoms with Gasteiger partial charge in [0.1, 0.15) is 0 Å². The minimum Gasteiger partial charge on any atom is -0.505 e. The average molecular weight is 323 g/mol. The number of halogens is 2. The van der Waals surface area contributed by atoms with Gasteiger partial charge in [0.2, 0.25) is 0 Å². The number of phenolic OH excluding ortho intramolecular Hbond substituents is 1. The number of ketones is 1. The molecule has 98 valence electrons. The molecular weight excluding hydrogens is 311 g/mol. The summed E-state index contributed by atoms with van der Waals surface area (Å²) in [6.45, 7) is 1.66. The van der Waals surface area contributed by atoms with Crippen LogP contribution in [0.15, 0.2) is 40.9 Å². The highest BCUT2D eigenvalue weighted by molar-refractivity contribution is 9.10. The van der Waals surface area contributed by atoms with Crippen LogP contribution in [-0.2, 0) is 0 Å². The van der Waals surface area contributed by atoms with Crippen molar-refractivity contribution in [2.75, 3.05) is 0 Å². The van der Waals surface area contributed by atoms with E-state index in [9.17, 15) is 14.3 Å². The van der Waals surface area contributed by atoms with Crippen molar-refractivity contribution >= 4 is 21.7 Å². The second-order valence-corrected chi connectivity index (χ2v) is 5.02. The predicted octanol–water partition coefficient (Wildman–Crippen LogP) is 4.55. The highest BCUT2D eigenvalue weighted by atomic mass is 79.9. The van der Waals surface area contributed by atoms with E-state index in [1.54, 1.807) is 25.1 Å². The predicted molar refractivity (Wildman–Crippen MR) is 75.8 cm³/mol. The van der Waals surface area contributed by atoms with Crippen LogP contribution in [0.5, 0.6) is 5.75 Å². The molecule has 0 saturated carbocycles. The minimum atomic E-state index is -0.854. The molecule has 0 unspecified atom stereocenters. The third-order valence-electron chi connectivity index (χ3n) is 2.88. The zero-order chi connectivity index (χ0) is 14.0. The highest BCUT2D eigenvalue weighted by Crippen LogP contribution is 2.32. The molecule has 2 aromatic rings. The molecule has 0 aromatic heterocycles. The topological polar surface area (TPSA) is 37.3 Å². The fourth-order valence-corrected chi connectivity index (χ4v) is 2.15. The van der Waals surface area contributed by atoms with Gasteiger partial charge in [-0.25, -0.2) is 4.39 Å². The van der Waals surface area contributed by atoms with Crippen molar-refractivity contribution in [1.82, 2.24) is 0 Å². The number of Topliss-reactive ketones (excluding diaryl/α,β-unsaturated/α-hetero) is 1. The molecule has 0 bridgehead atoms. The lowest BCUT2D eigenvalue weighted by Gasteiger charge is -2.10. The van der Waals surface area contributed by atoms with Crippen LogP contribution in [0.25, 0.3) is 11.1 Å². The van der Waals surface area contributed by atoms with Crippen LogP contribution in [0, 0.1) is 5.82 Å². The molecule has 0 fully saturated rings. The fraction of sp³-hybridized carbons (Fsp3) is 0.133. The number of benzene rings is 2. The number of aromatic hydroxyl groups is 1. The Bertz CT molecular complexity index is 621. The van der Waals surface area contributed by atoms with Gasteiger partial charge in [0.25, 0.3) is 0 Å². The molecule has 0 saturated heterocycles. The standard InChI is InChI=1S/C15H12BrFO2/c1-2-12(18)14-11(7-8-13(19)15(14)17)9-3-5-10(16)6-4-9/h3-8,19H,2H2,1H3. The SMILES string of the molecule is CCC(=O)c1c(-c2ccc(Br)cc2)ccc(O)c1F. The van der Waals surface area contributed by atoms with Crippen molar-refractivity contribution in [3.05, 3.63) is 52.3 Å². The first kappa shape index (κ1) is 13.7. The molecule has 0 spiro atoms. The lowest BCUT2D eigenvalue weighted by Crippen LogP contribution is -2.04. The molecule has 2 nitrogen and oxygen atoms in total. The maximum atomic E-state index is 14.0. The first-order valence-electron chi connectivity index (χ1n) is 5.85. The van der Waals surface area contributed by atoms with Crippen molar-refractivity contribution in [2.24, 2.45) is 0 Å². The normalized spacial score (nSPS) is 10.5. The molecule has 4 heteroatoms. The molecule has 2 rings (SSSR count). The van der Waals surface area contributed by atoms with E-state index in [2.05, 4.69) is 15.9 Å². The molecule has 0 aliphatic rings. The highest BCUT2D eigenvalue weighted by Gasteiger charge is 2.19. The summed E-state index contributed by atoms with van der Waals surface area (Å²) in [5.74, 6) is -1.68. The summed E-state index contributed by atoms with van der Waals surface area (Å²) < 4.78 is 14.9. The summed E-state index contributed by atoms with van der Waals surface area (Å²) in [5.41, 5.74) is 1.18. The van der Waals surface area contributed by atoms with E-state index < -0.39 is 11.6 Å². The molecular formula is C15H12BrFO2. The van der Waals surface area contributed by atoms with Crippen LogP contribution in [0.2, 0.25) is 0 Å². The Labute approximate surface area is 119 Å². The van der Waals surface area contributed by atoms with Gasteiger partial charge in [-0.1, -0.05) is 35.0 Å². The quantitative estimate of drug-likeness (QED) is 0.841. The second-order valence-electron chi connectivity index (χ2n) is 4.10. The Morgan fingerprint density at radius 3 is 2.42 bits per heavy atom. The van der Waals surface area contributed by atoms with Crippen molar-refractivity contribution in [1.29, 1.82) is 0 Å². The summed E-state index contributed by atoms with van der Waals surface area (Å²) in [4.78, 5) is 11.9. The van der Waals surface area contributed by atoms with Gasteiger partial charge >= 0.3 is 0 Å². The van der Waals surface area contributed by atoms with Crippen molar-refractivity contribution < 1.29 is 14.3 Å². The minimum absolute atomic E-state index is 0.0511. The van der Waals surface area contributed by atoms with Crippen LogP contribution >= 0.6 is 15.9 Å². The van der Waals surface area contributed by atoms with E-state index in [0.717, 1.165) is 10.0 Å². The first-order valence-corrected chi connectivity index (χ1v) is 6.64. The zero-order valence-corrected chi connectivity index (χ0v) is 11.9. The Morgan fingerprint density at radius 2 is 1.84 bits per heavy atom. The lowest BCUT2D eigenvalue weighted by molar-refractivity contribution is 0.0984. The molecule has 0 heterocycles. The van der Waals surface area contributed by atoms with Crippen LogP contribution in [0.1, 0.15) is 23.7 Å². The zero-order valence-electron chi connectivity index (χ0n) is 10.3. The Hall–Kier alpha value is -1.68. The average Bonchev–Trinajstić information content (AvgIpc) is 2.42. The summed E-state index contributed by atoms with van der Waals surface area (Å²) in [6, 6.07) is 10.1. The van der Waals surface area contributed by atoms with Crippen LogP contribution < -0.4 is 0 Å². The van der Waals surface area contributed by atoms with Gasteiger partial charge in [-0.2, -0.15) is 0 Å². The number of hydrogen-bond acceptors (Lipinski definition) is 2. The summed E-state index contributed by atoms with van der Waals surface area (Å²) in [7, 11) is 0. The van der Waals surface area contributed by atoms with Crippen molar-refractivity contribution in [2.45, 2.75) is 13.3 Å². The Morgan fingerprint density at radius 1 is 1.21 bits per heavy atom.